The van der Waals surface area contributed by atoms with Crippen LogP contribution in [0.4, 0.5) is 11.4 Å². The Kier molecular flexibility index (Phi) is 6.17. The Bertz CT molecular complexity index is 1020. The van der Waals surface area contributed by atoms with Crippen molar-refractivity contribution in [2.24, 2.45) is 5.92 Å². The third-order valence-electron chi connectivity index (χ3n) is 4.84. The van der Waals surface area contributed by atoms with E-state index in [0.29, 0.717) is 43.3 Å². The van der Waals surface area contributed by atoms with Crippen molar-refractivity contribution >= 4 is 27.3 Å². The Morgan fingerprint density at radius 3 is 2.55 bits per heavy atom. The van der Waals surface area contributed by atoms with Crippen LogP contribution in [0.2, 0.25) is 0 Å². The van der Waals surface area contributed by atoms with Crippen LogP contribution >= 0.6 is 0 Å². The summed E-state index contributed by atoms with van der Waals surface area (Å²) >= 11 is 0. The zero-order valence-corrected chi connectivity index (χ0v) is 18.2. The topological polar surface area (TPSA) is 75.7 Å². The van der Waals surface area contributed by atoms with Crippen LogP contribution in [-0.2, 0) is 21.2 Å². The monoisotopic (exact) mass is 416 g/mol. The van der Waals surface area contributed by atoms with E-state index >= 15 is 0 Å². The van der Waals surface area contributed by atoms with Gasteiger partial charge >= 0.3 is 0 Å². The van der Waals surface area contributed by atoms with Crippen LogP contribution in [0.3, 0.4) is 0 Å². The molecule has 0 bridgehead atoms. The maximum atomic E-state index is 12.8. The number of rotatable bonds is 7. The molecule has 1 heterocycles. The van der Waals surface area contributed by atoms with Gasteiger partial charge < -0.3 is 9.64 Å². The van der Waals surface area contributed by atoms with Crippen molar-refractivity contribution < 1.29 is 17.9 Å². The van der Waals surface area contributed by atoms with Crippen molar-refractivity contribution in [3.8, 4) is 5.75 Å². The molecular weight excluding hydrogens is 388 g/mol. The number of ether oxygens (including phenoxy) is 1. The summed E-state index contributed by atoms with van der Waals surface area (Å²) in [6.07, 6.45) is 1.05. The molecule has 0 saturated heterocycles. The van der Waals surface area contributed by atoms with Crippen LogP contribution in [0.15, 0.2) is 41.3 Å². The van der Waals surface area contributed by atoms with Gasteiger partial charge in [-0.25, -0.2) is 8.42 Å². The van der Waals surface area contributed by atoms with Gasteiger partial charge in [0.2, 0.25) is 5.91 Å². The van der Waals surface area contributed by atoms with Crippen LogP contribution < -0.4 is 14.4 Å². The summed E-state index contributed by atoms with van der Waals surface area (Å²) in [6, 6.07) is 10.2. The molecule has 0 fully saturated rings. The second kappa shape index (κ2) is 8.45. The second-order valence-electron chi connectivity index (χ2n) is 7.71. The summed E-state index contributed by atoms with van der Waals surface area (Å²) in [5.74, 6) is 1.14. The molecule has 2 aromatic carbocycles. The van der Waals surface area contributed by atoms with Gasteiger partial charge in [0.05, 0.1) is 11.5 Å². The number of amides is 1. The summed E-state index contributed by atoms with van der Waals surface area (Å²) in [4.78, 5) is 14.3. The largest absolute Gasteiger partial charge is 0.494 e. The minimum absolute atomic E-state index is 0.115. The van der Waals surface area contributed by atoms with Gasteiger partial charge in [0.15, 0.2) is 0 Å². The fourth-order valence-electron chi connectivity index (χ4n) is 3.51. The molecular formula is C22H28N2O4S. The molecule has 1 amide bonds. The number of carbonyl (C=O) groups is 1. The number of carbonyl (C=O) groups excluding carboxylic acids is 1. The number of aryl methyl sites for hydroxylation is 2. The van der Waals surface area contributed by atoms with Crippen molar-refractivity contribution in [1.82, 2.24) is 0 Å². The van der Waals surface area contributed by atoms with Crippen LogP contribution in [0.1, 0.15) is 38.3 Å². The van der Waals surface area contributed by atoms with E-state index in [4.69, 9.17) is 4.74 Å². The molecule has 1 aliphatic rings. The number of fused-ring (bicyclic) bond motifs is 1. The van der Waals surface area contributed by atoms with Gasteiger partial charge in [-0.1, -0.05) is 13.8 Å². The third kappa shape index (κ3) is 4.72. The lowest BCUT2D eigenvalue weighted by molar-refractivity contribution is -0.119. The minimum Gasteiger partial charge on any atom is -0.494 e. The maximum Gasteiger partial charge on any atom is 0.261 e. The second-order valence-corrected chi connectivity index (χ2v) is 9.39. The number of nitrogens with zero attached hydrogens (tertiary/aromatic N) is 1. The lowest BCUT2D eigenvalue weighted by atomic mass is 9.99. The summed E-state index contributed by atoms with van der Waals surface area (Å²) in [5, 5.41) is 0. The highest BCUT2D eigenvalue weighted by Gasteiger charge is 2.25. The number of hydrogen-bond acceptors (Lipinski definition) is 4. The Labute approximate surface area is 172 Å². The lowest BCUT2D eigenvalue weighted by Gasteiger charge is -2.31. The molecule has 0 atom stereocenters. The summed E-state index contributed by atoms with van der Waals surface area (Å²) in [6.45, 7) is 9.03. The number of hydrogen-bond donors (Lipinski definition) is 1. The summed E-state index contributed by atoms with van der Waals surface area (Å²) < 4.78 is 33.8. The highest BCUT2D eigenvalue weighted by atomic mass is 32.2. The average Bonchev–Trinajstić information content (AvgIpc) is 2.65. The van der Waals surface area contributed by atoms with Gasteiger partial charge in [0, 0.05) is 24.3 Å². The summed E-state index contributed by atoms with van der Waals surface area (Å²) in [7, 11) is -3.72. The zero-order valence-electron chi connectivity index (χ0n) is 17.4. The standard InChI is InChI=1S/C22H28N2O4S/c1-5-28-21-10-8-19(12-16(21)4)29(26,27)23-18-7-9-20-17(13-18)6-11-22(25)24(20)14-15(2)3/h7-10,12-13,15,23H,5-6,11,14H2,1-4H3. The zero-order chi connectivity index (χ0) is 21.2. The average molecular weight is 417 g/mol. The lowest BCUT2D eigenvalue weighted by Crippen LogP contribution is -2.37. The number of anilines is 2. The van der Waals surface area contributed by atoms with Crippen molar-refractivity contribution in [2.75, 3.05) is 22.8 Å². The van der Waals surface area contributed by atoms with Crippen molar-refractivity contribution in [3.05, 3.63) is 47.5 Å². The predicted octanol–water partition coefficient (Wildman–Crippen LogP) is 4.13. The van der Waals surface area contributed by atoms with Crippen molar-refractivity contribution in [2.45, 2.75) is 45.4 Å². The SMILES string of the molecule is CCOc1ccc(S(=O)(=O)Nc2ccc3c(c2)CCC(=O)N3CC(C)C)cc1C. The van der Waals surface area contributed by atoms with Crippen LogP contribution in [-0.4, -0.2) is 27.5 Å². The van der Waals surface area contributed by atoms with Crippen LogP contribution in [0, 0.1) is 12.8 Å². The minimum atomic E-state index is -3.72. The van der Waals surface area contributed by atoms with E-state index in [1.54, 1.807) is 29.2 Å². The molecule has 29 heavy (non-hydrogen) atoms. The molecule has 1 N–H and O–H groups in total. The molecule has 0 unspecified atom stereocenters. The van der Waals surface area contributed by atoms with E-state index in [1.807, 2.05) is 26.0 Å². The van der Waals surface area contributed by atoms with Gasteiger partial charge in [-0.2, -0.15) is 0 Å². The van der Waals surface area contributed by atoms with E-state index in [1.165, 1.54) is 0 Å². The van der Waals surface area contributed by atoms with E-state index in [0.717, 1.165) is 16.8 Å². The molecule has 6 nitrogen and oxygen atoms in total. The molecule has 1 aliphatic heterocycles. The molecule has 0 saturated carbocycles. The number of benzene rings is 2. The quantitative estimate of drug-likeness (QED) is 0.736. The van der Waals surface area contributed by atoms with Crippen molar-refractivity contribution in [3.63, 3.8) is 0 Å². The molecule has 7 heteroatoms. The maximum absolute atomic E-state index is 12.8. The van der Waals surface area contributed by atoms with E-state index in [2.05, 4.69) is 18.6 Å². The van der Waals surface area contributed by atoms with Crippen molar-refractivity contribution in [1.29, 1.82) is 0 Å². The fraction of sp³-hybridized carbons (Fsp3) is 0.409. The van der Waals surface area contributed by atoms with Gasteiger partial charge in [-0.05, 0) is 73.7 Å². The Hall–Kier alpha value is -2.54. The molecule has 0 radical (unpaired) electrons. The molecule has 0 aromatic heterocycles. The number of sulfonamides is 1. The molecule has 2 aromatic rings. The first-order valence-corrected chi connectivity index (χ1v) is 11.4. The first-order chi connectivity index (χ1) is 13.7. The normalized spacial score (nSPS) is 14.1. The smallest absolute Gasteiger partial charge is 0.261 e. The molecule has 0 spiro atoms. The molecule has 156 valence electrons. The first-order valence-electron chi connectivity index (χ1n) is 9.91. The Morgan fingerprint density at radius 2 is 1.90 bits per heavy atom. The van der Waals surface area contributed by atoms with E-state index in [-0.39, 0.29) is 10.8 Å². The highest BCUT2D eigenvalue weighted by Crippen LogP contribution is 2.32. The van der Waals surface area contributed by atoms with Gasteiger partial charge in [-0.15, -0.1) is 0 Å². The van der Waals surface area contributed by atoms with E-state index < -0.39 is 10.0 Å². The van der Waals surface area contributed by atoms with Gasteiger partial charge in [0.25, 0.3) is 10.0 Å². The van der Waals surface area contributed by atoms with Crippen LogP contribution in [0.5, 0.6) is 5.75 Å². The van der Waals surface area contributed by atoms with E-state index in [9.17, 15) is 13.2 Å². The van der Waals surface area contributed by atoms with Crippen LogP contribution in [0.25, 0.3) is 0 Å². The third-order valence-corrected chi connectivity index (χ3v) is 6.21. The fourth-order valence-corrected chi connectivity index (χ4v) is 4.64. The summed E-state index contributed by atoms with van der Waals surface area (Å²) in [5.41, 5.74) is 3.11. The predicted molar refractivity (Wildman–Crippen MR) is 115 cm³/mol. The van der Waals surface area contributed by atoms with Gasteiger partial charge in [-0.3, -0.25) is 9.52 Å². The first kappa shape index (κ1) is 21.2. The Balaban J connectivity index is 1.85. The highest BCUT2D eigenvalue weighted by molar-refractivity contribution is 7.92. The molecule has 0 aliphatic carbocycles. The molecule has 3 rings (SSSR count). The number of nitrogens with one attached hydrogen (secondary N) is 1. The Morgan fingerprint density at radius 1 is 1.14 bits per heavy atom. The van der Waals surface area contributed by atoms with Gasteiger partial charge in [0.1, 0.15) is 5.75 Å².